The van der Waals surface area contributed by atoms with Crippen molar-refractivity contribution in [2.75, 3.05) is 0 Å². The number of aldehydes is 1. The summed E-state index contributed by atoms with van der Waals surface area (Å²) < 4.78 is 1.72. The van der Waals surface area contributed by atoms with Crippen molar-refractivity contribution in [2.24, 2.45) is 0 Å². The Kier molecular flexibility index (Phi) is 3.33. The van der Waals surface area contributed by atoms with Crippen LogP contribution >= 0.6 is 0 Å². The molecule has 0 fully saturated rings. The van der Waals surface area contributed by atoms with E-state index in [4.69, 9.17) is 0 Å². The van der Waals surface area contributed by atoms with Gasteiger partial charge in [0.1, 0.15) is 5.69 Å². The quantitative estimate of drug-likeness (QED) is 0.678. The second kappa shape index (κ2) is 5.44. The first kappa shape index (κ1) is 12.2. The van der Waals surface area contributed by atoms with Crippen molar-refractivity contribution in [1.82, 2.24) is 20.0 Å². The summed E-state index contributed by atoms with van der Waals surface area (Å²) in [7, 11) is 0. The average Bonchev–Trinajstić information content (AvgIpc) is 2.92. The molecule has 0 saturated carbocycles. The van der Waals surface area contributed by atoms with E-state index < -0.39 is 0 Å². The first-order valence-electron chi connectivity index (χ1n) is 6.21. The molecule has 0 aliphatic carbocycles. The zero-order valence-electron chi connectivity index (χ0n) is 10.7. The van der Waals surface area contributed by atoms with Crippen LogP contribution in [0, 0.1) is 0 Å². The maximum atomic E-state index is 11.1. The Morgan fingerprint density at radius 2 is 1.95 bits per heavy atom. The number of hydrogen-bond acceptors (Lipinski definition) is 4. The van der Waals surface area contributed by atoms with Gasteiger partial charge in [0, 0.05) is 18.0 Å². The number of hydrogen-bond donors (Lipinski definition) is 0. The van der Waals surface area contributed by atoms with Gasteiger partial charge in [-0.1, -0.05) is 35.5 Å². The maximum absolute atomic E-state index is 11.1. The molecular formula is C15H12N4O. The number of carbonyl (C=O) groups is 1. The van der Waals surface area contributed by atoms with E-state index in [0.717, 1.165) is 17.4 Å². The van der Waals surface area contributed by atoms with Crippen LogP contribution < -0.4 is 0 Å². The van der Waals surface area contributed by atoms with Gasteiger partial charge in [-0.05, 0) is 17.7 Å². The molecule has 0 saturated heterocycles. The molecule has 98 valence electrons. The highest BCUT2D eigenvalue weighted by atomic mass is 16.1. The van der Waals surface area contributed by atoms with Crippen molar-refractivity contribution in [2.45, 2.75) is 6.54 Å². The lowest BCUT2D eigenvalue weighted by atomic mass is 10.1. The number of carbonyl (C=O) groups excluding carboxylic acids is 1. The smallest absolute Gasteiger partial charge is 0.172 e. The van der Waals surface area contributed by atoms with Gasteiger partial charge in [-0.2, -0.15) is 0 Å². The molecule has 3 rings (SSSR count). The monoisotopic (exact) mass is 264 g/mol. The fourth-order valence-corrected chi connectivity index (χ4v) is 2.07. The molecule has 0 bridgehead atoms. The molecular weight excluding hydrogens is 252 g/mol. The highest BCUT2D eigenvalue weighted by molar-refractivity contribution is 5.82. The second-order valence-corrected chi connectivity index (χ2v) is 4.33. The maximum Gasteiger partial charge on any atom is 0.172 e. The van der Waals surface area contributed by atoms with E-state index in [1.165, 1.54) is 0 Å². The fraction of sp³-hybridized carbons (Fsp3) is 0.0667. The van der Waals surface area contributed by atoms with Gasteiger partial charge >= 0.3 is 0 Å². The van der Waals surface area contributed by atoms with Crippen LogP contribution in [0.25, 0.3) is 11.3 Å². The summed E-state index contributed by atoms with van der Waals surface area (Å²) in [5, 5.41) is 7.99. The molecule has 1 aromatic carbocycles. The van der Waals surface area contributed by atoms with Crippen LogP contribution in [0.4, 0.5) is 0 Å². The largest absolute Gasteiger partial charge is 0.296 e. The molecule has 0 N–H and O–H groups in total. The van der Waals surface area contributed by atoms with Gasteiger partial charge < -0.3 is 0 Å². The average molecular weight is 264 g/mol. The third kappa shape index (κ3) is 2.33. The van der Waals surface area contributed by atoms with Crippen LogP contribution in [0.5, 0.6) is 0 Å². The van der Waals surface area contributed by atoms with Gasteiger partial charge in [-0.25, -0.2) is 4.68 Å². The zero-order chi connectivity index (χ0) is 13.8. The summed E-state index contributed by atoms with van der Waals surface area (Å²) in [4.78, 5) is 15.2. The number of benzene rings is 1. The summed E-state index contributed by atoms with van der Waals surface area (Å²) >= 11 is 0. The molecule has 0 aliphatic heterocycles. The highest BCUT2D eigenvalue weighted by Crippen LogP contribution is 2.21. The van der Waals surface area contributed by atoms with E-state index in [9.17, 15) is 4.79 Å². The lowest BCUT2D eigenvalue weighted by Crippen LogP contribution is -2.04. The molecule has 2 aromatic heterocycles. The van der Waals surface area contributed by atoms with Gasteiger partial charge in [0.15, 0.2) is 12.0 Å². The predicted molar refractivity (Wildman–Crippen MR) is 74.2 cm³/mol. The number of aromatic nitrogens is 4. The minimum atomic E-state index is 0.328. The Morgan fingerprint density at radius 3 is 2.65 bits per heavy atom. The van der Waals surface area contributed by atoms with Crippen LogP contribution in [-0.4, -0.2) is 26.3 Å². The van der Waals surface area contributed by atoms with Gasteiger partial charge in [0.2, 0.25) is 0 Å². The molecule has 20 heavy (non-hydrogen) atoms. The number of nitrogens with zero attached hydrogens (tertiary/aromatic N) is 4. The molecule has 0 radical (unpaired) electrons. The molecule has 5 heteroatoms. The standard InChI is InChI=1S/C15H12N4O/c20-11-14-15(13-7-4-8-16-9-13)19(18-17-14)10-12-5-2-1-3-6-12/h1-9,11H,10H2. The highest BCUT2D eigenvalue weighted by Gasteiger charge is 2.14. The molecule has 5 nitrogen and oxygen atoms in total. The summed E-state index contributed by atoms with van der Waals surface area (Å²) in [5.41, 5.74) is 2.95. The summed E-state index contributed by atoms with van der Waals surface area (Å²) in [6.07, 6.45) is 4.11. The van der Waals surface area contributed by atoms with E-state index in [0.29, 0.717) is 17.9 Å². The third-order valence-corrected chi connectivity index (χ3v) is 2.98. The topological polar surface area (TPSA) is 60.7 Å². The summed E-state index contributed by atoms with van der Waals surface area (Å²) in [6, 6.07) is 13.6. The Labute approximate surface area is 115 Å². The van der Waals surface area contributed by atoms with E-state index in [1.807, 2.05) is 42.5 Å². The van der Waals surface area contributed by atoms with Crippen molar-refractivity contribution in [3.63, 3.8) is 0 Å². The Hall–Kier alpha value is -2.82. The minimum Gasteiger partial charge on any atom is -0.296 e. The Balaban J connectivity index is 2.04. The fourth-order valence-electron chi connectivity index (χ4n) is 2.07. The van der Waals surface area contributed by atoms with Crippen molar-refractivity contribution in [3.05, 3.63) is 66.1 Å². The lowest BCUT2D eigenvalue weighted by Gasteiger charge is -2.06. The van der Waals surface area contributed by atoms with Crippen molar-refractivity contribution >= 4 is 6.29 Å². The van der Waals surface area contributed by atoms with Crippen LogP contribution in [0.3, 0.4) is 0 Å². The first-order valence-corrected chi connectivity index (χ1v) is 6.21. The van der Waals surface area contributed by atoms with Crippen LogP contribution in [0.2, 0.25) is 0 Å². The summed E-state index contributed by atoms with van der Waals surface area (Å²) in [6.45, 7) is 0.561. The Bertz CT molecular complexity index is 707. The van der Waals surface area contributed by atoms with E-state index >= 15 is 0 Å². The van der Waals surface area contributed by atoms with Gasteiger partial charge in [0.25, 0.3) is 0 Å². The van der Waals surface area contributed by atoms with Crippen molar-refractivity contribution in [1.29, 1.82) is 0 Å². The van der Waals surface area contributed by atoms with Gasteiger partial charge in [0.05, 0.1) is 6.54 Å². The van der Waals surface area contributed by atoms with E-state index in [1.54, 1.807) is 17.1 Å². The Morgan fingerprint density at radius 1 is 1.10 bits per heavy atom. The number of rotatable bonds is 4. The SMILES string of the molecule is O=Cc1nnn(Cc2ccccc2)c1-c1cccnc1. The van der Waals surface area contributed by atoms with Crippen LogP contribution in [0.1, 0.15) is 16.1 Å². The van der Waals surface area contributed by atoms with E-state index in [-0.39, 0.29) is 0 Å². The van der Waals surface area contributed by atoms with E-state index in [2.05, 4.69) is 15.3 Å². The van der Waals surface area contributed by atoms with Gasteiger partial charge in [-0.15, -0.1) is 5.10 Å². The lowest BCUT2D eigenvalue weighted by molar-refractivity contribution is 0.111. The van der Waals surface area contributed by atoms with Crippen LogP contribution in [-0.2, 0) is 6.54 Å². The minimum absolute atomic E-state index is 0.328. The molecule has 3 aromatic rings. The predicted octanol–water partition coefficient (Wildman–Crippen LogP) is 2.20. The zero-order valence-corrected chi connectivity index (χ0v) is 10.7. The molecule has 0 unspecified atom stereocenters. The molecule has 2 heterocycles. The third-order valence-electron chi connectivity index (χ3n) is 2.98. The van der Waals surface area contributed by atoms with Crippen LogP contribution in [0.15, 0.2) is 54.9 Å². The summed E-state index contributed by atoms with van der Waals surface area (Å²) in [5.74, 6) is 0. The van der Waals surface area contributed by atoms with Crippen molar-refractivity contribution < 1.29 is 4.79 Å². The second-order valence-electron chi connectivity index (χ2n) is 4.33. The van der Waals surface area contributed by atoms with Crippen molar-refractivity contribution in [3.8, 4) is 11.3 Å². The molecule has 0 aliphatic rings. The number of pyridine rings is 1. The first-order chi connectivity index (χ1) is 9.88. The molecule has 0 amide bonds. The molecule has 0 atom stereocenters. The normalized spacial score (nSPS) is 10.4. The van der Waals surface area contributed by atoms with Gasteiger partial charge in [-0.3, -0.25) is 9.78 Å². The molecule has 0 spiro atoms.